The Bertz CT molecular complexity index is 398. The van der Waals surface area contributed by atoms with E-state index in [0.29, 0.717) is 0 Å². The maximum absolute atomic E-state index is 6.51. The molecule has 0 fully saturated rings. The van der Waals surface area contributed by atoms with Crippen molar-refractivity contribution in [2.75, 3.05) is 19.6 Å². The highest BCUT2D eigenvalue weighted by Crippen LogP contribution is 2.29. The number of pyridine rings is 1. The lowest BCUT2D eigenvalue weighted by Crippen LogP contribution is -2.41. The third kappa shape index (κ3) is 3.30. The summed E-state index contributed by atoms with van der Waals surface area (Å²) in [6.45, 7) is 7.27. The molecule has 0 spiro atoms. The Morgan fingerprint density at radius 1 is 1.53 bits per heavy atom. The fourth-order valence-electron chi connectivity index (χ4n) is 2.39. The third-order valence-electron chi connectivity index (χ3n) is 2.97. The summed E-state index contributed by atoms with van der Waals surface area (Å²) in [6, 6.07) is 4.07. The molecular weight excluding hydrogens is 232 g/mol. The van der Waals surface area contributed by atoms with E-state index in [0.717, 1.165) is 26.1 Å². The van der Waals surface area contributed by atoms with Gasteiger partial charge in [0.05, 0.1) is 4.87 Å². The molecule has 1 aromatic rings. The standard InChI is InChI=1S/C14H19ClN2/c1-3-7-17-10-13(8-14(2,15)11-17)12-5-4-6-16-9-12/h4-6,8-9H,3,7,10-11H2,1-2H3. The van der Waals surface area contributed by atoms with Gasteiger partial charge >= 0.3 is 0 Å². The van der Waals surface area contributed by atoms with Gasteiger partial charge in [0.1, 0.15) is 0 Å². The normalized spacial score (nSPS) is 25.7. The topological polar surface area (TPSA) is 16.1 Å². The van der Waals surface area contributed by atoms with Crippen molar-refractivity contribution in [3.63, 3.8) is 0 Å². The van der Waals surface area contributed by atoms with Crippen LogP contribution in [0.15, 0.2) is 30.6 Å². The number of alkyl halides is 1. The van der Waals surface area contributed by atoms with E-state index in [1.807, 2.05) is 12.3 Å². The molecule has 0 radical (unpaired) electrons. The number of nitrogens with zero attached hydrogens (tertiary/aromatic N) is 2. The lowest BCUT2D eigenvalue weighted by Gasteiger charge is -2.35. The van der Waals surface area contributed by atoms with Crippen molar-refractivity contribution in [2.24, 2.45) is 0 Å². The maximum Gasteiger partial charge on any atom is 0.0730 e. The van der Waals surface area contributed by atoms with Crippen molar-refractivity contribution >= 4 is 17.2 Å². The van der Waals surface area contributed by atoms with Gasteiger partial charge in [-0.1, -0.05) is 19.1 Å². The predicted molar refractivity (Wildman–Crippen MR) is 73.2 cm³/mol. The van der Waals surface area contributed by atoms with E-state index >= 15 is 0 Å². The predicted octanol–water partition coefficient (Wildman–Crippen LogP) is 3.19. The van der Waals surface area contributed by atoms with E-state index < -0.39 is 0 Å². The second kappa shape index (κ2) is 5.19. The molecule has 0 aromatic carbocycles. The molecule has 2 heterocycles. The summed E-state index contributed by atoms with van der Waals surface area (Å²) >= 11 is 6.51. The quantitative estimate of drug-likeness (QED) is 0.766. The fraction of sp³-hybridized carbons (Fsp3) is 0.500. The van der Waals surface area contributed by atoms with Crippen molar-refractivity contribution < 1.29 is 0 Å². The van der Waals surface area contributed by atoms with Gasteiger partial charge in [0.25, 0.3) is 0 Å². The second-order valence-corrected chi connectivity index (χ2v) is 5.76. The fourth-order valence-corrected chi connectivity index (χ4v) is 2.69. The van der Waals surface area contributed by atoms with Crippen LogP contribution >= 0.6 is 11.6 Å². The Kier molecular flexibility index (Phi) is 3.85. The van der Waals surface area contributed by atoms with Gasteiger partial charge in [-0.2, -0.15) is 0 Å². The van der Waals surface area contributed by atoms with Gasteiger partial charge in [0.15, 0.2) is 0 Å². The molecule has 1 unspecified atom stereocenters. The highest BCUT2D eigenvalue weighted by Gasteiger charge is 2.28. The van der Waals surface area contributed by atoms with Gasteiger partial charge in [0, 0.05) is 25.5 Å². The first-order chi connectivity index (χ1) is 8.11. The van der Waals surface area contributed by atoms with Crippen LogP contribution in [0.25, 0.3) is 5.57 Å². The molecule has 1 aromatic heterocycles. The summed E-state index contributed by atoms with van der Waals surface area (Å²) in [7, 11) is 0. The zero-order chi connectivity index (χ0) is 12.3. The van der Waals surface area contributed by atoms with Crippen molar-refractivity contribution in [3.05, 3.63) is 36.2 Å². The second-order valence-electron chi connectivity index (χ2n) is 4.90. The molecule has 3 heteroatoms. The number of aromatic nitrogens is 1. The SMILES string of the molecule is CCCN1CC(c2cccnc2)=CC(C)(Cl)C1. The van der Waals surface area contributed by atoms with Crippen molar-refractivity contribution in [3.8, 4) is 0 Å². The van der Waals surface area contributed by atoms with E-state index in [4.69, 9.17) is 11.6 Å². The minimum absolute atomic E-state index is 0.265. The monoisotopic (exact) mass is 250 g/mol. The van der Waals surface area contributed by atoms with Crippen LogP contribution in [0.5, 0.6) is 0 Å². The van der Waals surface area contributed by atoms with Gasteiger partial charge in [0.2, 0.25) is 0 Å². The summed E-state index contributed by atoms with van der Waals surface area (Å²) in [6.07, 6.45) is 7.05. The van der Waals surface area contributed by atoms with Gasteiger partial charge in [-0.3, -0.25) is 9.88 Å². The molecule has 0 N–H and O–H groups in total. The molecule has 17 heavy (non-hydrogen) atoms. The highest BCUT2D eigenvalue weighted by molar-refractivity contribution is 6.25. The molecule has 2 nitrogen and oxygen atoms in total. The lowest BCUT2D eigenvalue weighted by atomic mass is 9.96. The van der Waals surface area contributed by atoms with Crippen LogP contribution in [0, 0.1) is 0 Å². The molecule has 92 valence electrons. The van der Waals surface area contributed by atoms with Crippen molar-refractivity contribution in [1.82, 2.24) is 9.88 Å². The Morgan fingerprint density at radius 2 is 2.35 bits per heavy atom. The Balaban J connectivity index is 2.24. The molecule has 1 aliphatic rings. The molecule has 1 aliphatic heterocycles. The van der Waals surface area contributed by atoms with E-state index in [1.165, 1.54) is 11.1 Å². The van der Waals surface area contributed by atoms with Gasteiger partial charge < -0.3 is 0 Å². The minimum Gasteiger partial charge on any atom is -0.297 e. The first kappa shape index (κ1) is 12.6. The van der Waals surface area contributed by atoms with Crippen LogP contribution < -0.4 is 0 Å². The van der Waals surface area contributed by atoms with Crippen LogP contribution in [0.3, 0.4) is 0 Å². The highest BCUT2D eigenvalue weighted by atomic mass is 35.5. The van der Waals surface area contributed by atoms with Gasteiger partial charge in [-0.25, -0.2) is 0 Å². The van der Waals surface area contributed by atoms with Crippen LogP contribution in [-0.2, 0) is 0 Å². The van der Waals surface area contributed by atoms with Crippen LogP contribution in [0.4, 0.5) is 0 Å². The van der Waals surface area contributed by atoms with Crippen LogP contribution in [0.2, 0.25) is 0 Å². The first-order valence-electron chi connectivity index (χ1n) is 6.14. The Morgan fingerprint density at radius 3 is 3.00 bits per heavy atom. The summed E-state index contributed by atoms with van der Waals surface area (Å²) in [5.74, 6) is 0. The maximum atomic E-state index is 6.51. The number of rotatable bonds is 3. The zero-order valence-electron chi connectivity index (χ0n) is 10.5. The average Bonchev–Trinajstić information content (AvgIpc) is 2.28. The van der Waals surface area contributed by atoms with E-state index in [1.54, 1.807) is 6.20 Å². The van der Waals surface area contributed by atoms with E-state index in [9.17, 15) is 0 Å². The summed E-state index contributed by atoms with van der Waals surface area (Å²) in [5, 5.41) is 0. The molecule has 0 amide bonds. The third-order valence-corrected chi connectivity index (χ3v) is 3.20. The van der Waals surface area contributed by atoms with Gasteiger partial charge in [-0.05, 0) is 37.1 Å². The molecule has 0 aliphatic carbocycles. The smallest absolute Gasteiger partial charge is 0.0730 e. The van der Waals surface area contributed by atoms with Crippen LogP contribution in [-0.4, -0.2) is 34.4 Å². The molecule has 1 atom stereocenters. The van der Waals surface area contributed by atoms with Crippen LogP contribution in [0.1, 0.15) is 25.8 Å². The van der Waals surface area contributed by atoms with Gasteiger partial charge in [-0.15, -0.1) is 11.6 Å². The number of hydrogen-bond acceptors (Lipinski definition) is 2. The lowest BCUT2D eigenvalue weighted by molar-refractivity contribution is 0.282. The molecule has 0 saturated carbocycles. The summed E-state index contributed by atoms with van der Waals surface area (Å²) in [5.41, 5.74) is 2.47. The summed E-state index contributed by atoms with van der Waals surface area (Å²) in [4.78, 5) is 6.32. The molecule has 0 saturated heterocycles. The Labute approximate surface area is 108 Å². The summed E-state index contributed by atoms with van der Waals surface area (Å²) < 4.78 is 0. The Hall–Kier alpha value is -0.860. The van der Waals surface area contributed by atoms with Crippen molar-refractivity contribution in [1.29, 1.82) is 0 Å². The van der Waals surface area contributed by atoms with E-state index in [2.05, 4.69) is 35.9 Å². The molecular formula is C14H19ClN2. The largest absolute Gasteiger partial charge is 0.297 e. The molecule has 2 rings (SSSR count). The molecule has 0 bridgehead atoms. The zero-order valence-corrected chi connectivity index (χ0v) is 11.2. The van der Waals surface area contributed by atoms with Crippen molar-refractivity contribution in [2.45, 2.75) is 25.1 Å². The minimum atomic E-state index is -0.265. The first-order valence-corrected chi connectivity index (χ1v) is 6.52. The van der Waals surface area contributed by atoms with E-state index in [-0.39, 0.29) is 4.87 Å². The number of hydrogen-bond donors (Lipinski definition) is 0. The average molecular weight is 251 g/mol. The number of halogens is 1.